The predicted octanol–water partition coefficient (Wildman–Crippen LogP) is 2.86. The fourth-order valence-electron chi connectivity index (χ4n) is 1.77. The Labute approximate surface area is 106 Å². The van der Waals surface area contributed by atoms with Crippen molar-refractivity contribution in [2.75, 3.05) is 0 Å². The SMILES string of the molecule is Cc1cccc2nnc(-c3ccc(Br)cn3)n12. The summed E-state index contributed by atoms with van der Waals surface area (Å²) < 4.78 is 2.95. The van der Waals surface area contributed by atoms with E-state index >= 15 is 0 Å². The van der Waals surface area contributed by atoms with Gasteiger partial charge in [0.2, 0.25) is 0 Å². The van der Waals surface area contributed by atoms with Crippen molar-refractivity contribution in [1.29, 1.82) is 0 Å². The lowest BCUT2D eigenvalue weighted by atomic mass is 10.3. The molecule has 0 saturated carbocycles. The van der Waals surface area contributed by atoms with E-state index < -0.39 is 0 Å². The topological polar surface area (TPSA) is 43.1 Å². The molecular weight excluding hydrogens is 280 g/mol. The zero-order valence-corrected chi connectivity index (χ0v) is 10.7. The van der Waals surface area contributed by atoms with Crippen molar-refractivity contribution in [1.82, 2.24) is 19.6 Å². The van der Waals surface area contributed by atoms with Gasteiger partial charge < -0.3 is 0 Å². The van der Waals surface area contributed by atoms with E-state index in [9.17, 15) is 0 Å². The number of rotatable bonds is 1. The van der Waals surface area contributed by atoms with Gasteiger partial charge in [-0.1, -0.05) is 6.07 Å². The van der Waals surface area contributed by atoms with Crippen LogP contribution in [0.3, 0.4) is 0 Å². The van der Waals surface area contributed by atoms with Gasteiger partial charge in [0.1, 0.15) is 5.69 Å². The molecule has 0 fully saturated rings. The molecule has 0 saturated heterocycles. The molecule has 0 atom stereocenters. The highest BCUT2D eigenvalue weighted by molar-refractivity contribution is 9.10. The summed E-state index contributed by atoms with van der Waals surface area (Å²) >= 11 is 3.37. The first-order valence-electron chi connectivity index (χ1n) is 5.18. The van der Waals surface area contributed by atoms with Gasteiger partial charge in [0.05, 0.1) is 0 Å². The quantitative estimate of drug-likeness (QED) is 0.692. The van der Waals surface area contributed by atoms with Crippen molar-refractivity contribution in [3.8, 4) is 11.5 Å². The Morgan fingerprint density at radius 3 is 2.76 bits per heavy atom. The Morgan fingerprint density at radius 2 is 2.00 bits per heavy atom. The largest absolute Gasteiger partial charge is 0.278 e. The molecule has 0 radical (unpaired) electrons. The lowest BCUT2D eigenvalue weighted by Crippen LogP contribution is -1.95. The zero-order valence-electron chi connectivity index (χ0n) is 9.13. The van der Waals surface area contributed by atoms with Crippen LogP contribution < -0.4 is 0 Å². The van der Waals surface area contributed by atoms with Crippen molar-refractivity contribution in [2.45, 2.75) is 6.92 Å². The number of fused-ring (bicyclic) bond motifs is 1. The molecular formula is C12H9BrN4. The van der Waals surface area contributed by atoms with E-state index in [1.807, 2.05) is 41.7 Å². The Morgan fingerprint density at radius 1 is 1.12 bits per heavy atom. The summed E-state index contributed by atoms with van der Waals surface area (Å²) in [4.78, 5) is 4.34. The smallest absolute Gasteiger partial charge is 0.187 e. The molecule has 0 aliphatic carbocycles. The fourth-order valence-corrected chi connectivity index (χ4v) is 2.01. The normalized spacial score (nSPS) is 10.9. The van der Waals surface area contributed by atoms with Gasteiger partial charge in [-0.3, -0.25) is 9.38 Å². The van der Waals surface area contributed by atoms with Crippen molar-refractivity contribution in [2.24, 2.45) is 0 Å². The molecule has 17 heavy (non-hydrogen) atoms. The number of hydrogen-bond acceptors (Lipinski definition) is 3. The van der Waals surface area contributed by atoms with Crippen LogP contribution in [0.4, 0.5) is 0 Å². The lowest BCUT2D eigenvalue weighted by Gasteiger charge is -2.02. The van der Waals surface area contributed by atoms with Crippen LogP contribution >= 0.6 is 15.9 Å². The average Bonchev–Trinajstić information content (AvgIpc) is 2.75. The van der Waals surface area contributed by atoms with Crippen LogP contribution in [0.15, 0.2) is 41.0 Å². The maximum Gasteiger partial charge on any atom is 0.187 e. The molecule has 0 amide bonds. The Balaban J connectivity index is 2.27. The van der Waals surface area contributed by atoms with Gasteiger partial charge in [-0.2, -0.15) is 0 Å². The average molecular weight is 289 g/mol. The molecule has 0 unspecified atom stereocenters. The van der Waals surface area contributed by atoms with E-state index in [4.69, 9.17) is 0 Å². The van der Waals surface area contributed by atoms with Crippen molar-refractivity contribution >= 4 is 21.6 Å². The molecule has 0 aliphatic rings. The Bertz CT molecular complexity index is 673. The van der Waals surface area contributed by atoms with Gasteiger partial charge in [0, 0.05) is 16.4 Å². The maximum absolute atomic E-state index is 4.34. The van der Waals surface area contributed by atoms with E-state index in [0.717, 1.165) is 27.3 Å². The van der Waals surface area contributed by atoms with Crippen LogP contribution in [0.5, 0.6) is 0 Å². The minimum Gasteiger partial charge on any atom is -0.278 e. The molecule has 0 N–H and O–H groups in total. The van der Waals surface area contributed by atoms with Crippen molar-refractivity contribution < 1.29 is 0 Å². The second-order valence-corrected chi connectivity index (χ2v) is 4.66. The molecule has 3 rings (SSSR count). The van der Waals surface area contributed by atoms with Crippen LogP contribution in [0.2, 0.25) is 0 Å². The first kappa shape index (κ1) is 10.4. The standard InChI is InChI=1S/C12H9BrN4/c1-8-3-2-4-11-15-16-12(17(8)11)10-6-5-9(13)7-14-10/h2-7H,1H3. The highest BCUT2D eigenvalue weighted by atomic mass is 79.9. The summed E-state index contributed by atoms with van der Waals surface area (Å²) in [6.45, 7) is 2.03. The first-order chi connectivity index (χ1) is 8.25. The fraction of sp³-hybridized carbons (Fsp3) is 0.0833. The van der Waals surface area contributed by atoms with E-state index in [-0.39, 0.29) is 0 Å². The molecule has 3 aromatic heterocycles. The number of halogens is 1. The molecule has 0 aromatic carbocycles. The minimum absolute atomic E-state index is 0.769. The number of hydrogen-bond donors (Lipinski definition) is 0. The van der Waals surface area contributed by atoms with Crippen LogP contribution in [-0.4, -0.2) is 19.6 Å². The van der Waals surface area contributed by atoms with E-state index in [1.165, 1.54) is 0 Å². The van der Waals surface area contributed by atoms with Crippen molar-refractivity contribution in [3.05, 3.63) is 46.7 Å². The van der Waals surface area contributed by atoms with Crippen LogP contribution in [0.25, 0.3) is 17.2 Å². The van der Waals surface area contributed by atoms with Gasteiger partial charge in [0.25, 0.3) is 0 Å². The molecule has 3 aromatic rings. The molecule has 3 heterocycles. The van der Waals surface area contributed by atoms with E-state index in [2.05, 4.69) is 31.1 Å². The summed E-state index contributed by atoms with van der Waals surface area (Å²) in [6.07, 6.45) is 1.76. The molecule has 84 valence electrons. The second-order valence-electron chi connectivity index (χ2n) is 3.75. The summed E-state index contributed by atoms with van der Waals surface area (Å²) in [7, 11) is 0. The summed E-state index contributed by atoms with van der Waals surface area (Å²) in [5.41, 5.74) is 2.74. The monoisotopic (exact) mass is 288 g/mol. The molecule has 0 bridgehead atoms. The summed E-state index contributed by atoms with van der Waals surface area (Å²) in [5, 5.41) is 8.33. The third kappa shape index (κ3) is 1.72. The second kappa shape index (κ2) is 3.92. The highest BCUT2D eigenvalue weighted by Crippen LogP contribution is 2.19. The van der Waals surface area contributed by atoms with Gasteiger partial charge >= 0.3 is 0 Å². The van der Waals surface area contributed by atoms with E-state index in [0.29, 0.717) is 0 Å². The van der Waals surface area contributed by atoms with Gasteiger partial charge in [-0.15, -0.1) is 10.2 Å². The number of nitrogens with zero attached hydrogens (tertiary/aromatic N) is 4. The van der Waals surface area contributed by atoms with Crippen LogP contribution in [0, 0.1) is 6.92 Å². The lowest BCUT2D eigenvalue weighted by molar-refractivity contribution is 1.06. The van der Waals surface area contributed by atoms with Gasteiger partial charge in [-0.25, -0.2) is 0 Å². The third-order valence-electron chi connectivity index (χ3n) is 2.58. The summed E-state index contributed by atoms with van der Waals surface area (Å²) in [6, 6.07) is 9.80. The Hall–Kier alpha value is -1.75. The molecule has 4 nitrogen and oxygen atoms in total. The van der Waals surface area contributed by atoms with Crippen molar-refractivity contribution in [3.63, 3.8) is 0 Å². The van der Waals surface area contributed by atoms with E-state index in [1.54, 1.807) is 6.20 Å². The summed E-state index contributed by atoms with van der Waals surface area (Å²) in [5.74, 6) is 0.769. The molecule has 5 heteroatoms. The minimum atomic E-state index is 0.769. The number of aromatic nitrogens is 4. The van der Waals surface area contributed by atoms with Gasteiger partial charge in [0.15, 0.2) is 11.5 Å². The number of pyridine rings is 2. The Kier molecular flexibility index (Phi) is 2.40. The zero-order chi connectivity index (χ0) is 11.8. The highest BCUT2D eigenvalue weighted by Gasteiger charge is 2.10. The van der Waals surface area contributed by atoms with Crippen LogP contribution in [-0.2, 0) is 0 Å². The number of aryl methyl sites for hydroxylation is 1. The predicted molar refractivity (Wildman–Crippen MR) is 68.7 cm³/mol. The van der Waals surface area contributed by atoms with Crippen LogP contribution in [0.1, 0.15) is 5.69 Å². The first-order valence-corrected chi connectivity index (χ1v) is 5.98. The molecule has 0 spiro atoms. The van der Waals surface area contributed by atoms with Gasteiger partial charge in [-0.05, 0) is 47.1 Å². The molecule has 0 aliphatic heterocycles. The third-order valence-corrected chi connectivity index (χ3v) is 3.05. The maximum atomic E-state index is 4.34.